The van der Waals surface area contributed by atoms with Gasteiger partial charge in [0.25, 0.3) is 0 Å². The minimum atomic E-state index is 0.301. The van der Waals surface area contributed by atoms with Crippen molar-refractivity contribution in [2.24, 2.45) is 11.3 Å². The van der Waals surface area contributed by atoms with Gasteiger partial charge in [0.1, 0.15) is 0 Å². The summed E-state index contributed by atoms with van der Waals surface area (Å²) in [6, 6.07) is 3.79. The number of hydrogen-bond acceptors (Lipinski definition) is 3. The van der Waals surface area contributed by atoms with E-state index >= 15 is 0 Å². The molecule has 1 aromatic heterocycles. The fourth-order valence-electron chi connectivity index (χ4n) is 1.24. The van der Waals surface area contributed by atoms with Crippen LogP contribution in [0.1, 0.15) is 27.7 Å². The number of rotatable bonds is 4. The summed E-state index contributed by atoms with van der Waals surface area (Å²) in [5.41, 5.74) is 0.301. The van der Waals surface area contributed by atoms with E-state index in [1.54, 1.807) is 13.3 Å². The van der Waals surface area contributed by atoms with Gasteiger partial charge in [0.15, 0.2) is 11.6 Å². The van der Waals surface area contributed by atoms with Gasteiger partial charge >= 0.3 is 0 Å². The summed E-state index contributed by atoms with van der Waals surface area (Å²) in [5.74, 6) is 2.18. The van der Waals surface area contributed by atoms with Crippen LogP contribution >= 0.6 is 0 Å². The number of aromatic nitrogens is 1. The summed E-state index contributed by atoms with van der Waals surface area (Å²) >= 11 is 0. The maximum atomic E-state index is 5.24. The number of nitrogens with zero attached hydrogens (tertiary/aromatic N) is 1. The molecule has 0 aliphatic heterocycles. The van der Waals surface area contributed by atoms with E-state index in [0.29, 0.717) is 11.3 Å². The van der Waals surface area contributed by atoms with E-state index in [1.807, 2.05) is 12.1 Å². The maximum Gasteiger partial charge on any atom is 0.168 e. The average molecular weight is 222 g/mol. The first-order chi connectivity index (χ1) is 7.45. The van der Waals surface area contributed by atoms with Gasteiger partial charge in [0.2, 0.25) is 0 Å². The minimum absolute atomic E-state index is 0.301. The molecule has 1 unspecified atom stereocenters. The Morgan fingerprint density at radius 3 is 2.69 bits per heavy atom. The number of ether oxygens (including phenoxy) is 1. The van der Waals surface area contributed by atoms with E-state index in [1.165, 1.54) is 0 Å². The van der Waals surface area contributed by atoms with Gasteiger partial charge in [-0.3, -0.25) is 0 Å². The molecule has 0 radical (unpaired) electrons. The van der Waals surface area contributed by atoms with E-state index in [4.69, 9.17) is 4.74 Å². The van der Waals surface area contributed by atoms with Crippen molar-refractivity contribution in [2.45, 2.75) is 27.7 Å². The highest BCUT2D eigenvalue weighted by atomic mass is 16.5. The van der Waals surface area contributed by atoms with Crippen LogP contribution in [0.2, 0.25) is 0 Å². The second kappa shape index (κ2) is 5.19. The first-order valence-corrected chi connectivity index (χ1v) is 5.68. The zero-order valence-corrected chi connectivity index (χ0v) is 10.9. The Kier molecular flexibility index (Phi) is 4.16. The molecule has 0 fully saturated rings. The smallest absolute Gasteiger partial charge is 0.168 e. The molecule has 3 heteroatoms. The van der Waals surface area contributed by atoms with Gasteiger partial charge in [-0.15, -0.1) is 0 Å². The number of methoxy groups -OCH3 is 1. The molecule has 0 saturated carbocycles. The monoisotopic (exact) mass is 222 g/mol. The normalized spacial score (nSPS) is 13.3. The Balaban J connectivity index is 2.61. The number of nitrogens with one attached hydrogen (secondary N) is 1. The molecule has 0 aliphatic carbocycles. The Hall–Kier alpha value is -1.25. The molecule has 0 saturated heterocycles. The van der Waals surface area contributed by atoms with Crippen molar-refractivity contribution in [3.05, 3.63) is 18.3 Å². The third-order valence-corrected chi connectivity index (χ3v) is 3.04. The van der Waals surface area contributed by atoms with Crippen LogP contribution < -0.4 is 10.1 Å². The van der Waals surface area contributed by atoms with E-state index in [2.05, 4.69) is 38.0 Å². The van der Waals surface area contributed by atoms with Gasteiger partial charge in [-0.25, -0.2) is 4.98 Å². The Morgan fingerprint density at radius 2 is 2.12 bits per heavy atom. The van der Waals surface area contributed by atoms with Crippen LogP contribution in [0.4, 0.5) is 5.82 Å². The molecule has 1 aromatic rings. The van der Waals surface area contributed by atoms with E-state index in [-0.39, 0.29) is 0 Å². The molecule has 1 rings (SSSR count). The van der Waals surface area contributed by atoms with Crippen LogP contribution in [-0.4, -0.2) is 18.6 Å². The molecule has 0 bridgehead atoms. The Morgan fingerprint density at radius 1 is 1.44 bits per heavy atom. The summed E-state index contributed by atoms with van der Waals surface area (Å²) in [4.78, 5) is 4.27. The molecule has 1 N–H and O–H groups in total. The number of hydrogen-bond donors (Lipinski definition) is 1. The molecule has 1 atom stereocenters. The quantitative estimate of drug-likeness (QED) is 0.849. The van der Waals surface area contributed by atoms with Crippen LogP contribution in [0, 0.1) is 11.3 Å². The van der Waals surface area contributed by atoms with Crippen LogP contribution in [-0.2, 0) is 0 Å². The van der Waals surface area contributed by atoms with Crippen molar-refractivity contribution >= 4 is 5.82 Å². The van der Waals surface area contributed by atoms with Gasteiger partial charge in [0, 0.05) is 12.7 Å². The fourth-order valence-corrected chi connectivity index (χ4v) is 1.24. The molecule has 0 spiro atoms. The molecule has 3 nitrogen and oxygen atoms in total. The SMILES string of the molecule is COc1cccnc1NCC(C)C(C)(C)C. The van der Waals surface area contributed by atoms with Crippen molar-refractivity contribution in [1.29, 1.82) is 0 Å². The van der Waals surface area contributed by atoms with Crippen LogP contribution in [0.25, 0.3) is 0 Å². The minimum Gasteiger partial charge on any atom is -0.493 e. The zero-order valence-electron chi connectivity index (χ0n) is 10.9. The lowest BCUT2D eigenvalue weighted by Gasteiger charge is -2.27. The molecule has 0 aromatic carbocycles. The second-order valence-corrected chi connectivity index (χ2v) is 5.20. The van der Waals surface area contributed by atoms with Crippen LogP contribution in [0.15, 0.2) is 18.3 Å². The lowest BCUT2D eigenvalue weighted by atomic mass is 9.82. The highest BCUT2D eigenvalue weighted by Gasteiger charge is 2.19. The van der Waals surface area contributed by atoms with E-state index in [0.717, 1.165) is 18.1 Å². The third kappa shape index (κ3) is 3.40. The third-order valence-electron chi connectivity index (χ3n) is 3.04. The highest BCUT2D eigenvalue weighted by Crippen LogP contribution is 2.27. The summed E-state index contributed by atoms with van der Waals surface area (Å²) in [6.45, 7) is 9.87. The lowest BCUT2D eigenvalue weighted by Crippen LogP contribution is -2.25. The fraction of sp³-hybridized carbons (Fsp3) is 0.615. The topological polar surface area (TPSA) is 34.1 Å². The molecule has 0 aliphatic rings. The van der Waals surface area contributed by atoms with Gasteiger partial charge in [-0.05, 0) is 23.5 Å². The highest BCUT2D eigenvalue weighted by molar-refractivity contribution is 5.49. The Bertz CT molecular complexity index is 331. The molecule has 16 heavy (non-hydrogen) atoms. The van der Waals surface area contributed by atoms with Crippen molar-refractivity contribution < 1.29 is 4.74 Å². The summed E-state index contributed by atoms with van der Waals surface area (Å²) in [7, 11) is 1.66. The van der Waals surface area contributed by atoms with Crippen LogP contribution in [0.5, 0.6) is 5.75 Å². The van der Waals surface area contributed by atoms with Gasteiger partial charge in [-0.2, -0.15) is 0 Å². The van der Waals surface area contributed by atoms with Crippen molar-refractivity contribution in [2.75, 3.05) is 19.0 Å². The summed E-state index contributed by atoms with van der Waals surface area (Å²) in [5, 5.41) is 3.33. The predicted octanol–water partition coefficient (Wildman–Crippen LogP) is 3.18. The van der Waals surface area contributed by atoms with Gasteiger partial charge in [-0.1, -0.05) is 27.7 Å². The number of anilines is 1. The van der Waals surface area contributed by atoms with E-state index in [9.17, 15) is 0 Å². The zero-order chi connectivity index (χ0) is 12.2. The van der Waals surface area contributed by atoms with Crippen molar-refractivity contribution in [3.63, 3.8) is 0 Å². The maximum absolute atomic E-state index is 5.24. The first-order valence-electron chi connectivity index (χ1n) is 5.68. The molecular formula is C13H22N2O. The van der Waals surface area contributed by atoms with Crippen molar-refractivity contribution in [3.8, 4) is 5.75 Å². The second-order valence-electron chi connectivity index (χ2n) is 5.20. The first kappa shape index (κ1) is 12.8. The molecule has 1 heterocycles. The van der Waals surface area contributed by atoms with Crippen LogP contribution in [0.3, 0.4) is 0 Å². The van der Waals surface area contributed by atoms with E-state index < -0.39 is 0 Å². The summed E-state index contributed by atoms with van der Waals surface area (Å²) in [6.07, 6.45) is 1.77. The summed E-state index contributed by atoms with van der Waals surface area (Å²) < 4.78 is 5.24. The largest absolute Gasteiger partial charge is 0.493 e. The standard InChI is InChI=1S/C13H22N2O/c1-10(13(2,3)4)9-15-12-11(16-5)7-6-8-14-12/h6-8,10H,9H2,1-5H3,(H,14,15). The molecular weight excluding hydrogens is 200 g/mol. The average Bonchev–Trinajstić information content (AvgIpc) is 2.24. The predicted molar refractivity (Wildman–Crippen MR) is 67.9 cm³/mol. The lowest BCUT2D eigenvalue weighted by molar-refractivity contribution is 0.274. The van der Waals surface area contributed by atoms with Gasteiger partial charge in [0.05, 0.1) is 7.11 Å². The Labute approximate surface area is 98.2 Å². The van der Waals surface area contributed by atoms with Gasteiger partial charge < -0.3 is 10.1 Å². The molecule has 0 amide bonds. The number of pyridine rings is 1. The van der Waals surface area contributed by atoms with Crippen molar-refractivity contribution in [1.82, 2.24) is 4.98 Å². The molecule has 90 valence electrons.